The Labute approximate surface area is 253 Å². The zero-order valence-corrected chi connectivity index (χ0v) is 27.1. The Morgan fingerprint density at radius 1 is 0.881 bits per heavy atom. The van der Waals surface area contributed by atoms with Crippen molar-refractivity contribution in [1.29, 1.82) is 0 Å². The molecule has 0 aliphatic rings. The van der Waals surface area contributed by atoms with Crippen LogP contribution in [0.1, 0.15) is 99.5 Å². The molecule has 1 aromatic rings. The molecule has 0 amide bonds. The fourth-order valence-corrected chi connectivity index (χ4v) is 5.26. The molecule has 0 fully saturated rings. The van der Waals surface area contributed by atoms with E-state index in [2.05, 4.69) is 40.7 Å². The summed E-state index contributed by atoms with van der Waals surface area (Å²) < 4.78 is 15.9. The second-order valence-corrected chi connectivity index (χ2v) is 12.2. The molecule has 0 aromatic heterocycles. The van der Waals surface area contributed by atoms with Crippen molar-refractivity contribution < 1.29 is 33.7 Å². The van der Waals surface area contributed by atoms with E-state index in [-0.39, 0.29) is 26.2 Å². The number of hydrogen-bond acceptors (Lipinski definition) is 7. The summed E-state index contributed by atoms with van der Waals surface area (Å²) in [6, 6.07) is 6.75. The van der Waals surface area contributed by atoms with Crippen LogP contribution in [-0.4, -0.2) is 36.2 Å². The van der Waals surface area contributed by atoms with Gasteiger partial charge in [-0.25, -0.2) is 4.79 Å². The number of rotatable bonds is 19. The number of ether oxygens (including phenoxy) is 3. The Hall–Kier alpha value is -2.93. The molecule has 0 heterocycles. The fourth-order valence-electron chi connectivity index (χ4n) is 5.26. The predicted molar refractivity (Wildman–Crippen MR) is 167 cm³/mol. The number of carbonyl (C=O) groups is 3. The Balaban J connectivity index is 2.96. The van der Waals surface area contributed by atoms with Gasteiger partial charge in [0.15, 0.2) is 0 Å². The van der Waals surface area contributed by atoms with Crippen LogP contribution in [0.15, 0.2) is 47.6 Å². The number of carbonyl (C=O) groups excluding carboxylic acids is 3. The zero-order chi connectivity index (χ0) is 31.7. The molecule has 0 aliphatic heterocycles. The minimum atomic E-state index is -0.553. The monoisotopic (exact) mass is 586 g/mol. The molecule has 0 saturated heterocycles. The lowest BCUT2D eigenvalue weighted by Crippen LogP contribution is -2.19. The first-order valence-electron chi connectivity index (χ1n) is 15.4. The van der Waals surface area contributed by atoms with E-state index in [1.165, 1.54) is 26.2 Å². The van der Waals surface area contributed by atoms with Crippen molar-refractivity contribution in [1.82, 2.24) is 0 Å². The van der Waals surface area contributed by atoms with Gasteiger partial charge < -0.3 is 19.3 Å². The van der Waals surface area contributed by atoms with Crippen molar-refractivity contribution in [3.8, 4) is 5.75 Å². The quantitative estimate of drug-likeness (QED) is 0.0586. The molecule has 7 heteroatoms. The van der Waals surface area contributed by atoms with Gasteiger partial charge in [0, 0.05) is 25.5 Å². The van der Waals surface area contributed by atoms with Gasteiger partial charge >= 0.3 is 17.9 Å². The Kier molecular flexibility index (Phi) is 17.7. The number of benzene rings is 1. The molecule has 5 atom stereocenters. The molecular formula is C35H54O7. The van der Waals surface area contributed by atoms with Gasteiger partial charge in [-0.3, -0.25) is 9.59 Å². The molecule has 236 valence electrons. The van der Waals surface area contributed by atoms with Crippen LogP contribution < -0.4 is 4.74 Å². The summed E-state index contributed by atoms with van der Waals surface area (Å²) in [4.78, 5) is 36.8. The molecule has 0 saturated carbocycles. The SMILES string of the molecule is CCC(C)CC(C)CC(C)CC(C)/C=C(C)/C=C(/CC(C)C(=O)OCCCO)C(=O)OCc1ccc(OC(C)=O)cc1. The van der Waals surface area contributed by atoms with E-state index in [9.17, 15) is 14.4 Å². The summed E-state index contributed by atoms with van der Waals surface area (Å²) in [7, 11) is 0. The van der Waals surface area contributed by atoms with Crippen LogP contribution in [0.25, 0.3) is 0 Å². The van der Waals surface area contributed by atoms with Crippen molar-refractivity contribution in [2.75, 3.05) is 13.2 Å². The van der Waals surface area contributed by atoms with Crippen LogP contribution in [0.4, 0.5) is 0 Å². The largest absolute Gasteiger partial charge is 0.465 e. The van der Waals surface area contributed by atoms with Crippen LogP contribution in [0, 0.1) is 29.6 Å². The van der Waals surface area contributed by atoms with E-state index < -0.39 is 23.8 Å². The number of esters is 3. The third-order valence-electron chi connectivity index (χ3n) is 7.32. The second kappa shape index (κ2) is 20.1. The Morgan fingerprint density at radius 2 is 1.50 bits per heavy atom. The molecule has 5 unspecified atom stereocenters. The van der Waals surface area contributed by atoms with Crippen molar-refractivity contribution in [3.63, 3.8) is 0 Å². The first-order chi connectivity index (χ1) is 19.8. The van der Waals surface area contributed by atoms with Crippen molar-refractivity contribution >= 4 is 17.9 Å². The van der Waals surface area contributed by atoms with Crippen molar-refractivity contribution in [3.05, 3.63) is 53.1 Å². The lowest BCUT2D eigenvalue weighted by Gasteiger charge is -2.21. The molecule has 1 aromatic carbocycles. The first kappa shape index (κ1) is 37.1. The maximum atomic E-state index is 13.2. The van der Waals surface area contributed by atoms with E-state index in [1.807, 2.05) is 13.0 Å². The molecular weight excluding hydrogens is 532 g/mol. The summed E-state index contributed by atoms with van der Waals surface area (Å²) in [6.07, 6.45) is 9.28. The molecule has 1 rings (SSSR count). The lowest BCUT2D eigenvalue weighted by molar-refractivity contribution is -0.148. The number of aliphatic hydroxyl groups is 1. The topological polar surface area (TPSA) is 99.1 Å². The fraction of sp³-hybridized carbons (Fsp3) is 0.629. The Morgan fingerprint density at radius 3 is 2.10 bits per heavy atom. The van der Waals surface area contributed by atoms with Crippen molar-refractivity contribution in [2.24, 2.45) is 29.6 Å². The molecule has 1 N–H and O–H groups in total. The highest BCUT2D eigenvalue weighted by Crippen LogP contribution is 2.26. The van der Waals surface area contributed by atoms with Crippen LogP contribution >= 0.6 is 0 Å². The number of allylic oxidation sites excluding steroid dienone is 3. The van der Waals surface area contributed by atoms with E-state index in [0.29, 0.717) is 35.5 Å². The highest BCUT2D eigenvalue weighted by atomic mass is 16.5. The van der Waals surface area contributed by atoms with Crippen LogP contribution in [0.5, 0.6) is 5.75 Å². The average Bonchev–Trinajstić information content (AvgIpc) is 2.91. The standard InChI is InChI=1S/C35H54O7/c1-9-24(2)17-25(3)18-26(4)19-27(5)20-28(6)21-32(22-29(7)34(38)40-16-10-15-36)35(39)41-23-31-11-13-33(14-12-31)42-30(8)37/h11-14,20-21,24-27,29,36H,9-10,15-19,22-23H2,1-8H3/b28-20+,32-21-. The molecule has 0 radical (unpaired) electrons. The summed E-state index contributed by atoms with van der Waals surface area (Å²) in [6.45, 7) is 16.6. The second-order valence-electron chi connectivity index (χ2n) is 12.2. The van der Waals surface area contributed by atoms with E-state index in [4.69, 9.17) is 19.3 Å². The van der Waals surface area contributed by atoms with E-state index in [0.717, 1.165) is 23.5 Å². The van der Waals surface area contributed by atoms with Gasteiger partial charge in [-0.2, -0.15) is 0 Å². The molecule has 0 spiro atoms. The molecule has 42 heavy (non-hydrogen) atoms. The molecule has 0 bridgehead atoms. The third-order valence-corrected chi connectivity index (χ3v) is 7.32. The van der Waals surface area contributed by atoms with Gasteiger partial charge in [0.1, 0.15) is 12.4 Å². The molecule has 0 aliphatic carbocycles. The average molecular weight is 587 g/mol. The normalized spacial score (nSPS) is 15.7. The van der Waals surface area contributed by atoms with Gasteiger partial charge in [-0.05, 0) is 80.1 Å². The maximum Gasteiger partial charge on any atom is 0.334 e. The third kappa shape index (κ3) is 15.9. The highest BCUT2D eigenvalue weighted by molar-refractivity contribution is 5.90. The summed E-state index contributed by atoms with van der Waals surface area (Å²) in [5.74, 6) is 0.924. The first-order valence-corrected chi connectivity index (χ1v) is 15.4. The van der Waals surface area contributed by atoms with Crippen LogP contribution in [0.2, 0.25) is 0 Å². The maximum absolute atomic E-state index is 13.2. The van der Waals surface area contributed by atoms with E-state index >= 15 is 0 Å². The van der Waals surface area contributed by atoms with Gasteiger partial charge in [-0.15, -0.1) is 0 Å². The minimum absolute atomic E-state index is 0.0391. The van der Waals surface area contributed by atoms with Crippen LogP contribution in [0.3, 0.4) is 0 Å². The summed E-state index contributed by atoms with van der Waals surface area (Å²) >= 11 is 0. The minimum Gasteiger partial charge on any atom is -0.465 e. The predicted octanol–water partition coefficient (Wildman–Crippen LogP) is 7.60. The van der Waals surface area contributed by atoms with Gasteiger partial charge in [0.05, 0.1) is 12.5 Å². The lowest BCUT2D eigenvalue weighted by atomic mass is 9.84. The van der Waals surface area contributed by atoms with Gasteiger partial charge in [0.2, 0.25) is 0 Å². The summed E-state index contributed by atoms with van der Waals surface area (Å²) in [5.41, 5.74) is 2.09. The molecule has 7 nitrogen and oxygen atoms in total. The van der Waals surface area contributed by atoms with E-state index in [1.54, 1.807) is 31.2 Å². The summed E-state index contributed by atoms with van der Waals surface area (Å²) in [5, 5.41) is 8.97. The van der Waals surface area contributed by atoms with Crippen LogP contribution in [-0.2, 0) is 30.5 Å². The zero-order valence-electron chi connectivity index (χ0n) is 27.1. The number of hydrogen-bond donors (Lipinski definition) is 1. The van der Waals surface area contributed by atoms with Gasteiger partial charge in [-0.1, -0.05) is 71.7 Å². The highest BCUT2D eigenvalue weighted by Gasteiger charge is 2.22. The van der Waals surface area contributed by atoms with Gasteiger partial charge in [0.25, 0.3) is 0 Å². The number of aliphatic hydroxyl groups excluding tert-OH is 1. The van der Waals surface area contributed by atoms with Crippen molar-refractivity contribution in [2.45, 2.75) is 101 Å². The Bertz CT molecular complexity index is 1020. The smallest absolute Gasteiger partial charge is 0.334 e.